The molecule has 6 nitrogen and oxygen atoms in total. The minimum absolute atomic E-state index is 0.0756. The number of hydrogen-bond acceptors (Lipinski definition) is 5. The molecule has 2 saturated heterocycles. The van der Waals surface area contributed by atoms with Gasteiger partial charge in [0.15, 0.2) is 0 Å². The first-order valence-electron chi connectivity index (χ1n) is 8.89. The molecule has 0 aromatic carbocycles. The van der Waals surface area contributed by atoms with Crippen molar-refractivity contribution in [1.82, 2.24) is 14.8 Å². The molecule has 1 aromatic rings. The second kappa shape index (κ2) is 7.49. The fourth-order valence-corrected chi connectivity index (χ4v) is 3.66. The van der Waals surface area contributed by atoms with Crippen molar-refractivity contribution < 1.29 is 9.53 Å². The van der Waals surface area contributed by atoms with Gasteiger partial charge in [-0.2, -0.15) is 0 Å². The Morgan fingerprint density at radius 3 is 2.42 bits per heavy atom. The molecule has 1 aromatic heterocycles. The van der Waals surface area contributed by atoms with Crippen LogP contribution in [0.4, 0.5) is 5.82 Å². The minimum Gasteiger partial charge on any atom is -0.372 e. The number of piperazine rings is 1. The highest BCUT2D eigenvalue weighted by Crippen LogP contribution is 2.17. The first-order chi connectivity index (χ1) is 11.5. The smallest absolute Gasteiger partial charge is 0.239 e. The van der Waals surface area contributed by atoms with Crippen molar-refractivity contribution in [3.05, 3.63) is 24.4 Å². The summed E-state index contributed by atoms with van der Waals surface area (Å²) >= 11 is 0. The fraction of sp³-hybridized carbons (Fsp3) is 0.667. The van der Waals surface area contributed by atoms with E-state index < -0.39 is 0 Å². The van der Waals surface area contributed by atoms with Gasteiger partial charge in [-0.05, 0) is 32.9 Å². The zero-order valence-electron chi connectivity index (χ0n) is 14.9. The van der Waals surface area contributed by atoms with Crippen molar-refractivity contribution in [2.45, 2.75) is 39.0 Å². The van der Waals surface area contributed by atoms with Crippen LogP contribution < -0.4 is 4.90 Å². The molecule has 3 rings (SSSR count). The van der Waals surface area contributed by atoms with Crippen molar-refractivity contribution in [2.75, 3.05) is 44.2 Å². The molecule has 0 aliphatic carbocycles. The lowest BCUT2D eigenvalue weighted by atomic mass is 10.1. The van der Waals surface area contributed by atoms with Gasteiger partial charge in [0.05, 0.1) is 18.2 Å². The van der Waals surface area contributed by atoms with Gasteiger partial charge in [0.2, 0.25) is 5.91 Å². The van der Waals surface area contributed by atoms with Crippen molar-refractivity contribution in [3.8, 4) is 0 Å². The number of carbonyl (C=O) groups is 1. The Kier molecular flexibility index (Phi) is 5.36. The number of rotatable bonds is 3. The number of morpholine rings is 1. The summed E-state index contributed by atoms with van der Waals surface area (Å²) < 4.78 is 5.73. The number of nitrogens with zero attached hydrogens (tertiary/aromatic N) is 4. The Balaban J connectivity index is 1.55. The Hall–Kier alpha value is -1.66. The minimum atomic E-state index is -0.0756. The van der Waals surface area contributed by atoms with E-state index in [9.17, 15) is 4.79 Å². The van der Waals surface area contributed by atoms with Crippen LogP contribution in [0, 0.1) is 0 Å². The number of carbonyl (C=O) groups excluding carboxylic acids is 1. The lowest BCUT2D eigenvalue weighted by Gasteiger charge is -2.41. The predicted octanol–water partition coefficient (Wildman–Crippen LogP) is 1.23. The topological polar surface area (TPSA) is 48.9 Å². The molecule has 2 aliphatic heterocycles. The summed E-state index contributed by atoms with van der Waals surface area (Å²) in [5.74, 6) is 1.25. The Morgan fingerprint density at radius 1 is 1.17 bits per heavy atom. The predicted molar refractivity (Wildman–Crippen MR) is 94.1 cm³/mol. The number of aromatic nitrogens is 1. The quantitative estimate of drug-likeness (QED) is 0.833. The first-order valence-corrected chi connectivity index (χ1v) is 8.89. The van der Waals surface area contributed by atoms with Crippen LogP contribution in [-0.2, 0) is 9.53 Å². The van der Waals surface area contributed by atoms with E-state index in [2.05, 4.69) is 14.8 Å². The van der Waals surface area contributed by atoms with E-state index >= 15 is 0 Å². The maximum absolute atomic E-state index is 12.8. The number of amides is 1. The summed E-state index contributed by atoms with van der Waals surface area (Å²) in [4.78, 5) is 23.8. The van der Waals surface area contributed by atoms with Crippen LogP contribution in [0.2, 0.25) is 0 Å². The molecule has 0 radical (unpaired) electrons. The summed E-state index contributed by atoms with van der Waals surface area (Å²) in [7, 11) is 0. The molecule has 0 saturated carbocycles. The van der Waals surface area contributed by atoms with Crippen molar-refractivity contribution in [1.29, 1.82) is 0 Å². The molecular formula is C18H28N4O2. The molecule has 0 N–H and O–H groups in total. The number of anilines is 1. The monoisotopic (exact) mass is 332 g/mol. The van der Waals surface area contributed by atoms with Gasteiger partial charge in [0.25, 0.3) is 0 Å². The highest BCUT2D eigenvalue weighted by Gasteiger charge is 2.32. The molecule has 24 heavy (non-hydrogen) atoms. The zero-order valence-corrected chi connectivity index (χ0v) is 14.9. The van der Waals surface area contributed by atoms with Crippen LogP contribution in [0.25, 0.3) is 0 Å². The molecule has 0 unspecified atom stereocenters. The van der Waals surface area contributed by atoms with E-state index in [0.717, 1.165) is 32.0 Å². The van der Waals surface area contributed by atoms with Crippen molar-refractivity contribution in [3.63, 3.8) is 0 Å². The second-order valence-electron chi connectivity index (χ2n) is 6.89. The molecule has 3 atom stereocenters. The van der Waals surface area contributed by atoms with E-state index in [0.29, 0.717) is 13.1 Å². The summed E-state index contributed by atoms with van der Waals surface area (Å²) in [5, 5.41) is 0. The Labute approximate surface area is 144 Å². The van der Waals surface area contributed by atoms with Crippen LogP contribution in [0.15, 0.2) is 24.4 Å². The number of hydrogen-bond donors (Lipinski definition) is 0. The summed E-state index contributed by atoms with van der Waals surface area (Å²) in [6, 6.07) is 5.92. The molecule has 3 heterocycles. The third kappa shape index (κ3) is 3.87. The molecular weight excluding hydrogens is 304 g/mol. The van der Waals surface area contributed by atoms with E-state index in [4.69, 9.17) is 4.74 Å². The molecule has 132 valence electrons. The van der Waals surface area contributed by atoms with Gasteiger partial charge in [-0.15, -0.1) is 0 Å². The summed E-state index contributed by atoms with van der Waals surface area (Å²) in [5.41, 5.74) is 0. The normalized spacial score (nSPS) is 27.1. The number of pyridine rings is 1. The largest absolute Gasteiger partial charge is 0.372 e. The summed E-state index contributed by atoms with van der Waals surface area (Å²) in [6.45, 7) is 11.1. The SMILES string of the molecule is C[C@@H]1CN(C(=O)[C@@H](C)N2CCN(c3ccccn3)CC2)C[C@H](C)O1. The van der Waals surface area contributed by atoms with Gasteiger partial charge in [0.1, 0.15) is 5.82 Å². The highest BCUT2D eigenvalue weighted by atomic mass is 16.5. The third-order valence-electron chi connectivity index (χ3n) is 4.92. The lowest BCUT2D eigenvalue weighted by molar-refractivity contribution is -0.148. The van der Waals surface area contributed by atoms with Crippen molar-refractivity contribution in [2.24, 2.45) is 0 Å². The van der Waals surface area contributed by atoms with E-state index in [1.165, 1.54) is 0 Å². The van der Waals surface area contributed by atoms with Gasteiger partial charge < -0.3 is 14.5 Å². The van der Waals surface area contributed by atoms with Crippen LogP contribution >= 0.6 is 0 Å². The van der Waals surface area contributed by atoms with E-state index in [1.807, 2.05) is 50.1 Å². The third-order valence-corrected chi connectivity index (χ3v) is 4.92. The maximum Gasteiger partial charge on any atom is 0.239 e. The zero-order chi connectivity index (χ0) is 17.1. The van der Waals surface area contributed by atoms with Crippen LogP contribution in [0.5, 0.6) is 0 Å². The Morgan fingerprint density at radius 2 is 1.83 bits per heavy atom. The number of ether oxygens (including phenoxy) is 1. The van der Waals surface area contributed by atoms with Gasteiger partial charge in [-0.3, -0.25) is 9.69 Å². The van der Waals surface area contributed by atoms with Gasteiger partial charge in [-0.25, -0.2) is 4.98 Å². The van der Waals surface area contributed by atoms with Crippen molar-refractivity contribution >= 4 is 11.7 Å². The fourth-order valence-electron chi connectivity index (χ4n) is 3.66. The molecule has 6 heteroatoms. The second-order valence-corrected chi connectivity index (χ2v) is 6.89. The van der Waals surface area contributed by atoms with Gasteiger partial charge >= 0.3 is 0 Å². The average molecular weight is 332 g/mol. The van der Waals surface area contributed by atoms with Gasteiger partial charge in [0, 0.05) is 45.5 Å². The van der Waals surface area contributed by atoms with Gasteiger partial charge in [-0.1, -0.05) is 6.07 Å². The standard InChI is InChI=1S/C18H28N4O2/c1-14-12-22(13-15(2)24-14)18(23)16(3)20-8-10-21(11-9-20)17-6-4-5-7-19-17/h4-7,14-16H,8-13H2,1-3H3/t14-,15+,16-/m1/s1. The molecule has 0 spiro atoms. The average Bonchev–Trinajstić information content (AvgIpc) is 2.60. The molecule has 1 amide bonds. The highest BCUT2D eigenvalue weighted by molar-refractivity contribution is 5.81. The van der Waals surface area contributed by atoms with E-state index in [-0.39, 0.29) is 24.2 Å². The molecule has 2 aliphatic rings. The molecule has 0 bridgehead atoms. The van der Waals surface area contributed by atoms with Crippen LogP contribution in [0.3, 0.4) is 0 Å². The van der Waals surface area contributed by atoms with E-state index in [1.54, 1.807) is 0 Å². The summed E-state index contributed by atoms with van der Waals surface area (Å²) in [6.07, 6.45) is 2.06. The van der Waals surface area contributed by atoms with Crippen LogP contribution in [-0.4, -0.2) is 78.2 Å². The Bertz CT molecular complexity index is 535. The van der Waals surface area contributed by atoms with Crippen LogP contribution in [0.1, 0.15) is 20.8 Å². The molecule has 2 fully saturated rings. The first kappa shape index (κ1) is 17.2. The maximum atomic E-state index is 12.8. The lowest BCUT2D eigenvalue weighted by Crippen LogP contribution is -2.57.